The number of anilines is 1. The van der Waals surface area contributed by atoms with Gasteiger partial charge < -0.3 is 24.1 Å². The maximum atomic E-state index is 12.8. The number of methoxy groups -OCH3 is 1. The fourth-order valence-corrected chi connectivity index (χ4v) is 4.66. The van der Waals surface area contributed by atoms with E-state index in [2.05, 4.69) is 22.2 Å². The number of rotatable bonds is 8. The van der Waals surface area contributed by atoms with Crippen LogP contribution in [0.5, 0.6) is 5.75 Å². The summed E-state index contributed by atoms with van der Waals surface area (Å²) in [5, 5.41) is 9.43. The van der Waals surface area contributed by atoms with Gasteiger partial charge in [-0.1, -0.05) is 30.8 Å². The predicted molar refractivity (Wildman–Crippen MR) is 136 cm³/mol. The molecule has 36 heavy (non-hydrogen) atoms. The third-order valence-electron chi connectivity index (χ3n) is 5.84. The highest BCUT2D eigenvalue weighted by molar-refractivity contribution is 7.99. The molecule has 0 radical (unpaired) electrons. The Bertz CT molecular complexity index is 1460. The van der Waals surface area contributed by atoms with E-state index in [0.717, 1.165) is 30.0 Å². The summed E-state index contributed by atoms with van der Waals surface area (Å²) < 4.78 is 17.8. The Hall–Kier alpha value is -3.64. The van der Waals surface area contributed by atoms with E-state index in [1.165, 1.54) is 13.2 Å². The van der Waals surface area contributed by atoms with Gasteiger partial charge in [0.2, 0.25) is 0 Å². The van der Waals surface area contributed by atoms with Crippen molar-refractivity contribution < 1.29 is 18.7 Å². The van der Waals surface area contributed by atoms with Gasteiger partial charge in [-0.05, 0) is 17.9 Å². The lowest BCUT2D eigenvalue weighted by Gasteiger charge is -2.28. The van der Waals surface area contributed by atoms with Crippen molar-refractivity contribution in [3.63, 3.8) is 0 Å². The minimum Gasteiger partial charge on any atom is -0.493 e. The van der Waals surface area contributed by atoms with Crippen LogP contribution in [0.1, 0.15) is 17.3 Å². The van der Waals surface area contributed by atoms with Crippen LogP contribution in [0.2, 0.25) is 0 Å². The van der Waals surface area contributed by atoms with Crippen molar-refractivity contribution in [1.82, 2.24) is 25.1 Å². The first-order valence-corrected chi connectivity index (χ1v) is 12.7. The molecule has 0 saturated carbocycles. The molecule has 5 rings (SSSR count). The second-order valence-corrected chi connectivity index (χ2v) is 9.28. The number of amides is 1. The number of para-hydroxylation sites is 1. The fraction of sp³-hybridized carbons (Fsp3) is 0.375. The quantitative estimate of drug-likeness (QED) is 0.214. The zero-order valence-electron chi connectivity index (χ0n) is 20.0. The highest BCUT2D eigenvalue weighted by Crippen LogP contribution is 2.28. The lowest BCUT2D eigenvalue weighted by molar-refractivity contribution is 0.0948. The third-order valence-corrected chi connectivity index (χ3v) is 6.57. The summed E-state index contributed by atoms with van der Waals surface area (Å²) in [6.07, 6.45) is 1.76. The van der Waals surface area contributed by atoms with E-state index in [1.807, 2.05) is 0 Å². The first-order chi connectivity index (χ1) is 17.6. The van der Waals surface area contributed by atoms with Gasteiger partial charge in [0.15, 0.2) is 22.1 Å². The zero-order chi connectivity index (χ0) is 25.1. The Kier molecular flexibility index (Phi) is 7.05. The van der Waals surface area contributed by atoms with Crippen LogP contribution in [0.4, 0.5) is 5.82 Å². The predicted octanol–water partition coefficient (Wildman–Crippen LogP) is 2.32. The molecule has 1 saturated heterocycles. The second-order valence-electron chi connectivity index (χ2n) is 8.05. The first kappa shape index (κ1) is 24.1. The van der Waals surface area contributed by atoms with Crippen molar-refractivity contribution in [2.75, 3.05) is 50.6 Å². The second kappa shape index (κ2) is 10.5. The molecule has 1 fully saturated rings. The summed E-state index contributed by atoms with van der Waals surface area (Å²) in [6, 6.07) is 6.73. The van der Waals surface area contributed by atoms with E-state index in [4.69, 9.17) is 23.9 Å². The minimum atomic E-state index is -0.724. The Morgan fingerprint density at radius 3 is 2.86 bits per heavy atom. The van der Waals surface area contributed by atoms with Gasteiger partial charge in [-0.2, -0.15) is 5.10 Å². The first-order valence-electron chi connectivity index (χ1n) is 11.7. The minimum absolute atomic E-state index is 0.0698. The lowest BCUT2D eigenvalue weighted by Crippen LogP contribution is -2.37. The Morgan fingerprint density at radius 1 is 1.25 bits per heavy atom. The van der Waals surface area contributed by atoms with Gasteiger partial charge in [-0.3, -0.25) is 4.79 Å². The highest BCUT2D eigenvalue weighted by Gasteiger charge is 2.21. The van der Waals surface area contributed by atoms with Crippen molar-refractivity contribution in [3.05, 3.63) is 46.4 Å². The van der Waals surface area contributed by atoms with Crippen molar-refractivity contribution in [1.29, 1.82) is 0 Å². The molecule has 11 nitrogen and oxygen atoms in total. The number of benzene rings is 1. The molecular weight excluding hydrogens is 484 g/mol. The molecule has 1 aliphatic heterocycles. The number of morpholine rings is 1. The molecular formula is C24H26N6O5S. The number of nitrogens with one attached hydrogen (secondary N) is 1. The van der Waals surface area contributed by atoms with Crippen LogP contribution in [0.25, 0.3) is 22.0 Å². The molecule has 1 aromatic carbocycles. The summed E-state index contributed by atoms with van der Waals surface area (Å²) in [6.45, 7) is 5.48. The average Bonchev–Trinajstić information content (AvgIpc) is 3.31. The van der Waals surface area contributed by atoms with Crippen LogP contribution in [0.15, 0.2) is 44.8 Å². The average molecular weight is 511 g/mol. The van der Waals surface area contributed by atoms with Crippen molar-refractivity contribution in [3.8, 4) is 5.75 Å². The molecule has 0 unspecified atom stereocenters. The maximum absolute atomic E-state index is 12.8. The van der Waals surface area contributed by atoms with E-state index < -0.39 is 11.5 Å². The smallest absolute Gasteiger partial charge is 0.349 e. The lowest BCUT2D eigenvalue weighted by atomic mass is 10.1. The van der Waals surface area contributed by atoms with Crippen LogP contribution in [-0.4, -0.2) is 71.4 Å². The molecule has 0 spiro atoms. The Labute approximate surface area is 210 Å². The van der Waals surface area contributed by atoms with E-state index in [9.17, 15) is 9.59 Å². The van der Waals surface area contributed by atoms with Gasteiger partial charge >= 0.3 is 5.63 Å². The van der Waals surface area contributed by atoms with E-state index >= 15 is 0 Å². The number of thioether (sulfide) groups is 1. The van der Waals surface area contributed by atoms with Crippen LogP contribution >= 0.6 is 11.8 Å². The normalized spacial score (nSPS) is 13.9. The largest absolute Gasteiger partial charge is 0.493 e. The number of aromatic nitrogens is 4. The van der Waals surface area contributed by atoms with E-state index in [0.29, 0.717) is 47.3 Å². The van der Waals surface area contributed by atoms with Gasteiger partial charge in [0.05, 0.1) is 38.5 Å². The summed E-state index contributed by atoms with van der Waals surface area (Å²) in [5.41, 5.74) is 0.216. The molecule has 188 valence electrons. The summed E-state index contributed by atoms with van der Waals surface area (Å²) >= 11 is 1.57. The third kappa shape index (κ3) is 4.73. The number of hydrogen-bond donors (Lipinski definition) is 1. The zero-order valence-corrected chi connectivity index (χ0v) is 20.8. The van der Waals surface area contributed by atoms with Crippen LogP contribution < -0.4 is 20.6 Å². The maximum Gasteiger partial charge on any atom is 0.349 e. The molecule has 0 bridgehead atoms. The van der Waals surface area contributed by atoms with Gasteiger partial charge in [-0.15, -0.1) is 0 Å². The highest BCUT2D eigenvalue weighted by atomic mass is 32.2. The number of carbonyl (C=O) groups excluding carboxylic acids is 1. The van der Waals surface area contributed by atoms with Crippen LogP contribution in [0, 0.1) is 0 Å². The van der Waals surface area contributed by atoms with Gasteiger partial charge in [0.1, 0.15) is 11.4 Å². The molecule has 0 aliphatic carbocycles. The summed E-state index contributed by atoms with van der Waals surface area (Å²) in [7, 11) is 1.49. The SMILES string of the molecule is CCSc1nc(N2CCOCC2)c2cnn(CCNC(=O)c3cc4cccc(OC)c4oc3=O)c2n1. The molecule has 4 aromatic rings. The molecule has 1 aliphatic rings. The van der Waals surface area contributed by atoms with Gasteiger partial charge in [0.25, 0.3) is 5.91 Å². The number of fused-ring (bicyclic) bond motifs is 2. The van der Waals surface area contributed by atoms with E-state index in [-0.39, 0.29) is 12.1 Å². The number of carbonyl (C=O) groups is 1. The topological polar surface area (TPSA) is 125 Å². The summed E-state index contributed by atoms with van der Waals surface area (Å²) in [4.78, 5) is 36.9. The van der Waals surface area contributed by atoms with Crippen molar-refractivity contribution in [2.45, 2.75) is 18.6 Å². The number of ether oxygens (including phenoxy) is 2. The Morgan fingerprint density at radius 2 is 2.08 bits per heavy atom. The Balaban J connectivity index is 1.35. The fourth-order valence-electron chi connectivity index (χ4n) is 4.10. The number of nitrogens with zero attached hydrogens (tertiary/aromatic N) is 5. The van der Waals surface area contributed by atoms with Gasteiger partial charge in [-0.25, -0.2) is 19.4 Å². The van der Waals surface area contributed by atoms with Crippen LogP contribution in [0.3, 0.4) is 0 Å². The monoisotopic (exact) mass is 510 g/mol. The molecule has 3 aromatic heterocycles. The molecule has 4 heterocycles. The van der Waals surface area contributed by atoms with Crippen LogP contribution in [-0.2, 0) is 11.3 Å². The number of hydrogen-bond acceptors (Lipinski definition) is 10. The molecule has 0 atom stereocenters. The van der Waals surface area contributed by atoms with Crippen molar-refractivity contribution in [2.24, 2.45) is 0 Å². The summed E-state index contributed by atoms with van der Waals surface area (Å²) in [5.74, 6) is 1.61. The van der Waals surface area contributed by atoms with E-state index in [1.54, 1.807) is 40.8 Å². The molecule has 12 heteroatoms. The molecule has 1 amide bonds. The van der Waals surface area contributed by atoms with Gasteiger partial charge in [0, 0.05) is 25.0 Å². The standard InChI is InChI=1S/C24H26N6O5S/c1-3-36-24-27-20(29-9-11-34-12-10-29)17-14-26-30(21(17)28-24)8-7-25-22(31)16-13-15-5-4-6-18(33-2)19(15)35-23(16)32/h4-6,13-14H,3,7-12H2,1-2H3,(H,25,31). The van der Waals surface area contributed by atoms with Crippen molar-refractivity contribution >= 4 is 45.5 Å². The molecule has 1 N–H and O–H groups in total.